The molecular weight excluding hydrogens is 471 g/mol. The number of carbonyl (C=O) groups is 1. The van der Waals surface area contributed by atoms with Crippen LogP contribution in [0.2, 0.25) is 5.02 Å². The summed E-state index contributed by atoms with van der Waals surface area (Å²) >= 11 is 5.86. The van der Waals surface area contributed by atoms with E-state index in [9.17, 15) is 14.3 Å². The summed E-state index contributed by atoms with van der Waals surface area (Å²) < 4.78 is 15.2. The number of hydrogen-bond donors (Lipinski definition) is 3. The van der Waals surface area contributed by atoms with E-state index >= 15 is 0 Å². The van der Waals surface area contributed by atoms with Crippen molar-refractivity contribution in [3.63, 3.8) is 0 Å². The Morgan fingerprint density at radius 1 is 1.29 bits per heavy atom. The average molecular weight is 501 g/mol. The Morgan fingerprint density at radius 2 is 1.97 bits per heavy atom. The third kappa shape index (κ3) is 4.36. The first-order valence-electron chi connectivity index (χ1n) is 11.9. The van der Waals surface area contributed by atoms with Gasteiger partial charge in [-0.05, 0) is 55.7 Å². The number of aromatic nitrogens is 5. The van der Waals surface area contributed by atoms with Gasteiger partial charge in [0.25, 0.3) is 5.91 Å². The van der Waals surface area contributed by atoms with Crippen LogP contribution in [0.4, 0.5) is 10.1 Å². The van der Waals surface area contributed by atoms with Crippen molar-refractivity contribution < 1.29 is 14.3 Å². The summed E-state index contributed by atoms with van der Waals surface area (Å²) in [7, 11) is 1.79. The maximum atomic E-state index is 13.5. The van der Waals surface area contributed by atoms with Gasteiger partial charge in [0.15, 0.2) is 11.6 Å². The maximum Gasteiger partial charge on any atom is 0.274 e. The number of anilines is 1. The molecule has 0 spiro atoms. The number of nitrogens with zero attached hydrogens (tertiary/aromatic N) is 4. The van der Waals surface area contributed by atoms with Crippen LogP contribution in [0.25, 0.3) is 0 Å². The van der Waals surface area contributed by atoms with Crippen LogP contribution in [0.15, 0.2) is 24.5 Å². The van der Waals surface area contributed by atoms with Gasteiger partial charge < -0.3 is 15.0 Å². The van der Waals surface area contributed by atoms with Crippen molar-refractivity contribution >= 4 is 23.2 Å². The molecule has 2 fully saturated rings. The van der Waals surface area contributed by atoms with Crippen molar-refractivity contribution in [3.8, 4) is 0 Å². The number of nitrogens with one attached hydrogen (secondary N) is 2. The summed E-state index contributed by atoms with van der Waals surface area (Å²) in [6.45, 7) is 6.13. The lowest BCUT2D eigenvalue weighted by molar-refractivity contribution is 0.0256. The minimum absolute atomic E-state index is 0.0505. The molecular formula is C25H30ClFN6O2. The van der Waals surface area contributed by atoms with E-state index in [0.717, 1.165) is 18.5 Å². The molecule has 3 N–H and O–H groups in total. The van der Waals surface area contributed by atoms with Crippen molar-refractivity contribution in [1.82, 2.24) is 24.7 Å². The molecule has 8 nitrogen and oxygen atoms in total. The van der Waals surface area contributed by atoms with Crippen LogP contribution >= 0.6 is 11.6 Å². The van der Waals surface area contributed by atoms with E-state index in [2.05, 4.69) is 25.5 Å². The number of fused-ring (bicyclic) bond motifs is 1. The Morgan fingerprint density at radius 3 is 2.57 bits per heavy atom. The summed E-state index contributed by atoms with van der Waals surface area (Å²) in [5.74, 6) is 1.12. The number of benzene rings is 1. The number of aryl methyl sites for hydroxylation is 1. The van der Waals surface area contributed by atoms with Gasteiger partial charge in [-0.1, -0.05) is 32.4 Å². The number of hydrogen-bond acceptors (Lipinski definition) is 5. The maximum absolute atomic E-state index is 13.5. The molecule has 186 valence electrons. The number of rotatable bonds is 4. The van der Waals surface area contributed by atoms with Crippen LogP contribution in [0, 0.1) is 17.7 Å². The highest BCUT2D eigenvalue weighted by Gasteiger charge is 2.52. The Bertz CT molecular complexity index is 1270. The Balaban J connectivity index is 1.31. The molecule has 10 heteroatoms. The van der Waals surface area contributed by atoms with E-state index < -0.39 is 11.4 Å². The molecule has 2 unspecified atom stereocenters. The lowest BCUT2D eigenvalue weighted by Gasteiger charge is -2.22. The molecule has 3 aromatic rings. The van der Waals surface area contributed by atoms with Gasteiger partial charge in [0, 0.05) is 24.1 Å². The highest BCUT2D eigenvalue weighted by atomic mass is 35.5. The third-order valence-electron chi connectivity index (χ3n) is 7.38. The number of aliphatic hydroxyl groups is 1. The van der Waals surface area contributed by atoms with Gasteiger partial charge in [-0.3, -0.25) is 9.89 Å². The number of carbonyl (C=O) groups excluding carboxylic acids is 1. The lowest BCUT2D eigenvalue weighted by Crippen LogP contribution is -2.25. The monoisotopic (exact) mass is 500 g/mol. The standard InChI is InChI=1S/C25H30ClFN6O2/c1-24(2,3)22-30-23(32-31-22)25(35)10-14-7-13(8-15(14)11-25)19-20(33(4)12-28-19)21(34)29-16-5-6-18(27)17(26)9-16/h5-6,9,12-15,35H,7-8,10-11H2,1-4H3,(H,29,34)(H,30,31,32). The minimum atomic E-state index is -1.01. The summed E-state index contributed by atoms with van der Waals surface area (Å²) in [5, 5.41) is 21.5. The minimum Gasteiger partial charge on any atom is -0.382 e. The zero-order valence-corrected chi connectivity index (χ0v) is 21.0. The summed E-state index contributed by atoms with van der Waals surface area (Å²) in [6.07, 6.45) is 4.54. The molecule has 2 aromatic heterocycles. The first kappa shape index (κ1) is 23.9. The van der Waals surface area contributed by atoms with Gasteiger partial charge in [0.2, 0.25) is 0 Å². The van der Waals surface area contributed by atoms with Crippen LogP contribution in [0.3, 0.4) is 0 Å². The van der Waals surface area contributed by atoms with Gasteiger partial charge in [0.1, 0.15) is 17.1 Å². The summed E-state index contributed by atoms with van der Waals surface area (Å²) in [4.78, 5) is 22.3. The van der Waals surface area contributed by atoms with Crippen molar-refractivity contribution in [3.05, 3.63) is 58.4 Å². The fraction of sp³-hybridized carbons (Fsp3) is 0.520. The van der Waals surface area contributed by atoms with Gasteiger partial charge in [-0.25, -0.2) is 14.4 Å². The molecule has 0 saturated heterocycles. The molecule has 1 aromatic carbocycles. The predicted octanol–water partition coefficient (Wildman–Crippen LogP) is 4.67. The summed E-state index contributed by atoms with van der Waals surface area (Å²) in [5.41, 5.74) is 0.452. The molecule has 35 heavy (non-hydrogen) atoms. The van der Waals surface area contributed by atoms with Gasteiger partial charge >= 0.3 is 0 Å². The number of H-pyrrole nitrogens is 1. The fourth-order valence-electron chi connectivity index (χ4n) is 5.67. The number of halogens is 2. The fourth-order valence-corrected chi connectivity index (χ4v) is 5.85. The second-order valence-corrected chi connectivity index (χ2v) is 11.5. The van der Waals surface area contributed by atoms with Crippen LogP contribution in [-0.4, -0.2) is 35.7 Å². The van der Waals surface area contributed by atoms with E-state index in [1.165, 1.54) is 18.2 Å². The normalized spacial score (nSPS) is 26.2. The zero-order valence-electron chi connectivity index (χ0n) is 20.3. The van der Waals surface area contributed by atoms with E-state index in [1.54, 1.807) is 17.9 Å². The molecule has 0 aliphatic heterocycles. The van der Waals surface area contributed by atoms with E-state index in [1.807, 2.05) is 20.8 Å². The molecule has 0 radical (unpaired) electrons. The van der Waals surface area contributed by atoms with E-state index in [4.69, 9.17) is 11.6 Å². The zero-order chi connectivity index (χ0) is 25.1. The van der Waals surface area contributed by atoms with Gasteiger partial charge in [-0.15, -0.1) is 0 Å². The SMILES string of the molecule is Cn1cnc(C2CC3CC(O)(c4nc(C(C)(C)C)n[nH]4)CC3C2)c1C(=O)Nc1ccc(F)c(Cl)c1. The molecule has 5 rings (SSSR count). The molecule has 0 bridgehead atoms. The van der Waals surface area contributed by atoms with Crippen molar-refractivity contribution in [2.45, 2.75) is 63.4 Å². The smallest absolute Gasteiger partial charge is 0.274 e. The Labute approximate surface area is 208 Å². The van der Waals surface area contributed by atoms with Crippen molar-refractivity contribution in [2.24, 2.45) is 18.9 Å². The topological polar surface area (TPSA) is 109 Å². The second-order valence-electron chi connectivity index (χ2n) is 11.1. The van der Waals surface area contributed by atoms with Crippen LogP contribution < -0.4 is 5.32 Å². The van der Waals surface area contributed by atoms with Crippen LogP contribution in [0.1, 0.15) is 80.2 Å². The molecule has 2 aliphatic carbocycles. The highest BCUT2D eigenvalue weighted by Crippen LogP contribution is 2.56. The van der Waals surface area contributed by atoms with Gasteiger partial charge in [-0.2, -0.15) is 5.10 Å². The number of aromatic amines is 1. The highest BCUT2D eigenvalue weighted by molar-refractivity contribution is 6.31. The second kappa shape index (κ2) is 8.41. The van der Waals surface area contributed by atoms with Crippen LogP contribution in [0.5, 0.6) is 0 Å². The molecule has 2 atom stereocenters. The van der Waals surface area contributed by atoms with Crippen LogP contribution in [-0.2, 0) is 18.1 Å². The number of imidazole rings is 1. The van der Waals surface area contributed by atoms with Crippen molar-refractivity contribution in [1.29, 1.82) is 0 Å². The third-order valence-corrected chi connectivity index (χ3v) is 7.67. The molecule has 2 saturated carbocycles. The van der Waals surface area contributed by atoms with E-state index in [0.29, 0.717) is 47.7 Å². The average Bonchev–Trinajstić information content (AvgIpc) is 3.52. The first-order valence-corrected chi connectivity index (χ1v) is 12.3. The molecule has 2 aliphatic rings. The Hall–Kier alpha value is -2.78. The predicted molar refractivity (Wildman–Crippen MR) is 130 cm³/mol. The molecule has 2 heterocycles. The lowest BCUT2D eigenvalue weighted by atomic mass is 9.91. The van der Waals surface area contributed by atoms with E-state index in [-0.39, 0.29) is 22.3 Å². The van der Waals surface area contributed by atoms with Gasteiger partial charge in [0.05, 0.1) is 17.0 Å². The molecule has 1 amide bonds. The summed E-state index contributed by atoms with van der Waals surface area (Å²) in [6, 6.07) is 4.09. The van der Waals surface area contributed by atoms with Crippen molar-refractivity contribution in [2.75, 3.05) is 5.32 Å². The number of amides is 1. The Kier molecular flexibility index (Phi) is 5.75. The first-order chi connectivity index (χ1) is 16.4. The largest absolute Gasteiger partial charge is 0.382 e. The quantitative estimate of drug-likeness (QED) is 0.482.